The maximum atomic E-state index is 12.7. The molecule has 3 heterocycles. The number of carbonyl (C=O) groups is 2. The maximum absolute atomic E-state index is 12.7. The van der Waals surface area contributed by atoms with E-state index in [4.69, 9.17) is 9.47 Å². The number of benzene rings is 2. The van der Waals surface area contributed by atoms with Crippen molar-refractivity contribution in [3.63, 3.8) is 0 Å². The van der Waals surface area contributed by atoms with Gasteiger partial charge in [0.25, 0.3) is 0 Å². The fourth-order valence-electron chi connectivity index (χ4n) is 5.22. The molecule has 0 aliphatic carbocycles. The highest BCUT2D eigenvalue weighted by atomic mass is 16.5. The zero-order chi connectivity index (χ0) is 22.4. The van der Waals surface area contributed by atoms with Crippen molar-refractivity contribution in [2.24, 2.45) is 5.92 Å². The average Bonchev–Trinajstić information content (AvgIpc) is 3.26. The van der Waals surface area contributed by atoms with Crippen molar-refractivity contribution in [3.8, 4) is 11.5 Å². The van der Waals surface area contributed by atoms with E-state index in [0.29, 0.717) is 19.1 Å². The maximum Gasteiger partial charge on any atom is 0.340 e. The van der Waals surface area contributed by atoms with Crippen LogP contribution in [0.3, 0.4) is 0 Å². The van der Waals surface area contributed by atoms with Gasteiger partial charge in [-0.25, -0.2) is 4.79 Å². The molecule has 2 aromatic rings. The number of hydrogen-bond acceptors (Lipinski definition) is 5. The van der Waals surface area contributed by atoms with E-state index in [1.165, 1.54) is 5.56 Å². The summed E-state index contributed by atoms with van der Waals surface area (Å²) in [5.41, 5.74) is 4.37. The Labute approximate surface area is 187 Å². The normalized spacial score (nSPS) is 21.4. The Hall–Kier alpha value is -3.28. The zero-order valence-corrected chi connectivity index (χ0v) is 18.3. The number of ether oxygens (including phenoxy) is 2. The van der Waals surface area contributed by atoms with Gasteiger partial charge in [0.1, 0.15) is 12.2 Å². The molecule has 166 valence electrons. The topological polar surface area (TPSA) is 76.1 Å². The van der Waals surface area contributed by atoms with E-state index in [1.807, 2.05) is 30.3 Å². The first-order valence-electron chi connectivity index (χ1n) is 11.2. The number of hydrogen-bond donors (Lipinski definition) is 1. The fourth-order valence-corrected chi connectivity index (χ4v) is 5.22. The van der Waals surface area contributed by atoms with Crippen molar-refractivity contribution in [2.75, 3.05) is 6.61 Å². The van der Waals surface area contributed by atoms with Crippen LogP contribution in [0.25, 0.3) is 0 Å². The van der Waals surface area contributed by atoms with E-state index in [9.17, 15) is 14.7 Å². The Balaban J connectivity index is 1.57. The van der Waals surface area contributed by atoms with Crippen LogP contribution in [0.15, 0.2) is 48.2 Å². The number of carboxylic acids is 1. The minimum absolute atomic E-state index is 0.109. The number of carboxylic acid groups (broad SMARTS) is 1. The second-order valence-electron chi connectivity index (χ2n) is 9.08. The summed E-state index contributed by atoms with van der Waals surface area (Å²) in [6, 6.07) is 12.1. The van der Waals surface area contributed by atoms with Gasteiger partial charge >= 0.3 is 5.97 Å². The lowest BCUT2D eigenvalue weighted by molar-refractivity contribution is -0.135. The Morgan fingerprint density at radius 3 is 2.75 bits per heavy atom. The summed E-state index contributed by atoms with van der Waals surface area (Å²) in [5.74, 6) is 0.345. The first kappa shape index (κ1) is 20.6. The highest BCUT2D eigenvalue weighted by Gasteiger charge is 2.43. The molecule has 0 spiro atoms. The average molecular weight is 434 g/mol. The third kappa shape index (κ3) is 3.44. The number of aliphatic carboxylic acids is 1. The standard InChI is InChI=1S/C26H27NO5/c1-15(2)20-10-17-11-23(32-14-16-6-4-3-5-7-16)25-18(8-9-31-25)24(17)21-12-22(28)19(26(29)30)13-27(20)21/h3-7,11,13,15,20-21H,8-10,12,14H2,1-2H3,(H,29,30). The van der Waals surface area contributed by atoms with E-state index in [0.717, 1.165) is 41.0 Å². The summed E-state index contributed by atoms with van der Waals surface area (Å²) in [6.07, 6.45) is 3.29. The number of Topliss-reactive ketones (excluding diaryl/α,β-unsaturated/α-hetero) is 1. The van der Waals surface area contributed by atoms with Gasteiger partial charge in [0.05, 0.1) is 12.6 Å². The first-order valence-corrected chi connectivity index (χ1v) is 11.2. The van der Waals surface area contributed by atoms with E-state index in [-0.39, 0.29) is 29.9 Å². The predicted octanol–water partition coefficient (Wildman–Crippen LogP) is 4.07. The van der Waals surface area contributed by atoms with Gasteiger partial charge in [-0.1, -0.05) is 44.2 Å². The molecule has 3 aliphatic rings. The molecule has 2 atom stereocenters. The zero-order valence-electron chi connectivity index (χ0n) is 18.3. The van der Waals surface area contributed by atoms with Crippen LogP contribution in [0.4, 0.5) is 0 Å². The molecule has 0 amide bonds. The molecule has 3 aliphatic heterocycles. The molecule has 2 unspecified atom stereocenters. The molecule has 6 nitrogen and oxygen atoms in total. The Morgan fingerprint density at radius 1 is 1.25 bits per heavy atom. The summed E-state index contributed by atoms with van der Waals surface area (Å²) in [5, 5.41) is 9.51. The van der Waals surface area contributed by atoms with Gasteiger partial charge in [-0.15, -0.1) is 0 Å². The number of ketones is 1. The largest absolute Gasteiger partial charge is 0.489 e. The Bertz CT molecular complexity index is 1100. The predicted molar refractivity (Wildman–Crippen MR) is 119 cm³/mol. The Kier molecular flexibility index (Phi) is 5.16. The lowest BCUT2D eigenvalue weighted by atomic mass is 9.77. The van der Waals surface area contributed by atoms with Crippen LogP contribution in [-0.2, 0) is 29.0 Å². The van der Waals surface area contributed by atoms with Gasteiger partial charge in [0, 0.05) is 30.6 Å². The SMILES string of the molecule is CC(C)C1Cc2cc(OCc3ccccc3)c3c(c2C2CC(=O)C(C(=O)O)=CN21)CCO3. The molecule has 0 saturated carbocycles. The van der Waals surface area contributed by atoms with Crippen molar-refractivity contribution in [2.45, 2.75) is 51.8 Å². The molecule has 0 fully saturated rings. The number of rotatable bonds is 5. The van der Waals surface area contributed by atoms with Gasteiger partial charge in [0.2, 0.25) is 0 Å². The lowest BCUT2D eigenvalue weighted by Crippen LogP contribution is -2.47. The van der Waals surface area contributed by atoms with Crippen LogP contribution < -0.4 is 9.47 Å². The summed E-state index contributed by atoms with van der Waals surface area (Å²) in [6.45, 7) is 5.32. The van der Waals surface area contributed by atoms with E-state index >= 15 is 0 Å². The van der Waals surface area contributed by atoms with Crippen LogP contribution >= 0.6 is 0 Å². The molecule has 6 heteroatoms. The summed E-state index contributed by atoms with van der Waals surface area (Å²) in [7, 11) is 0. The van der Waals surface area contributed by atoms with Gasteiger partial charge < -0.3 is 19.5 Å². The summed E-state index contributed by atoms with van der Waals surface area (Å²) < 4.78 is 12.2. The van der Waals surface area contributed by atoms with E-state index in [1.54, 1.807) is 6.20 Å². The molecule has 5 rings (SSSR count). The highest BCUT2D eigenvalue weighted by Crippen LogP contribution is 2.49. The molecule has 0 bridgehead atoms. The molecule has 1 N–H and O–H groups in total. The monoisotopic (exact) mass is 433 g/mol. The minimum atomic E-state index is -1.15. The molecule has 32 heavy (non-hydrogen) atoms. The van der Waals surface area contributed by atoms with Crippen molar-refractivity contribution in [3.05, 3.63) is 70.4 Å². The molecular weight excluding hydrogens is 406 g/mol. The third-order valence-corrected chi connectivity index (χ3v) is 6.77. The van der Waals surface area contributed by atoms with Crippen LogP contribution in [0.2, 0.25) is 0 Å². The smallest absolute Gasteiger partial charge is 0.340 e. The van der Waals surface area contributed by atoms with Gasteiger partial charge in [-0.2, -0.15) is 0 Å². The van der Waals surface area contributed by atoms with E-state index < -0.39 is 5.97 Å². The lowest BCUT2D eigenvalue weighted by Gasteiger charge is -2.47. The van der Waals surface area contributed by atoms with Gasteiger partial charge in [-0.05, 0) is 35.1 Å². The second kappa shape index (κ2) is 8.01. The van der Waals surface area contributed by atoms with Crippen molar-refractivity contribution in [1.29, 1.82) is 0 Å². The minimum Gasteiger partial charge on any atom is -0.489 e. The first-order chi connectivity index (χ1) is 15.4. The Morgan fingerprint density at radius 2 is 2.03 bits per heavy atom. The second-order valence-corrected chi connectivity index (χ2v) is 9.08. The highest BCUT2D eigenvalue weighted by molar-refractivity contribution is 6.17. The summed E-state index contributed by atoms with van der Waals surface area (Å²) in [4.78, 5) is 26.4. The van der Waals surface area contributed by atoms with Crippen molar-refractivity contribution >= 4 is 11.8 Å². The number of carbonyl (C=O) groups excluding carboxylic acids is 1. The molecule has 0 radical (unpaired) electrons. The number of fused-ring (bicyclic) bond motifs is 5. The van der Waals surface area contributed by atoms with Crippen LogP contribution in [0.1, 0.15) is 48.6 Å². The van der Waals surface area contributed by atoms with Gasteiger partial charge in [-0.3, -0.25) is 4.79 Å². The molecule has 0 saturated heterocycles. The quantitative estimate of drug-likeness (QED) is 0.717. The number of nitrogens with zero attached hydrogens (tertiary/aromatic N) is 1. The summed E-state index contributed by atoms with van der Waals surface area (Å²) >= 11 is 0. The fraction of sp³-hybridized carbons (Fsp3) is 0.385. The van der Waals surface area contributed by atoms with E-state index in [2.05, 4.69) is 24.8 Å². The van der Waals surface area contributed by atoms with Crippen LogP contribution in [-0.4, -0.2) is 34.4 Å². The molecular formula is C26H27NO5. The molecule has 0 aromatic heterocycles. The third-order valence-electron chi connectivity index (χ3n) is 6.77. The van der Waals surface area contributed by atoms with Crippen LogP contribution in [0, 0.1) is 5.92 Å². The van der Waals surface area contributed by atoms with Crippen LogP contribution in [0.5, 0.6) is 11.5 Å². The van der Waals surface area contributed by atoms with Crippen molar-refractivity contribution < 1.29 is 24.2 Å². The van der Waals surface area contributed by atoms with Crippen molar-refractivity contribution in [1.82, 2.24) is 4.90 Å². The van der Waals surface area contributed by atoms with Gasteiger partial charge in [0.15, 0.2) is 17.3 Å². The molecule has 2 aromatic carbocycles.